The Morgan fingerprint density at radius 3 is 2.08 bits per heavy atom. The van der Waals surface area contributed by atoms with Gasteiger partial charge in [0.25, 0.3) is 11.6 Å². The molecule has 0 radical (unpaired) electrons. The quantitative estimate of drug-likeness (QED) is 0.238. The van der Waals surface area contributed by atoms with Crippen molar-refractivity contribution in [3.05, 3.63) is 62.7 Å². The fourth-order valence-corrected chi connectivity index (χ4v) is 5.89. The van der Waals surface area contributed by atoms with Crippen LogP contribution in [-0.2, 0) is 4.79 Å². The number of nitro benzene ring substituents is 1. The normalized spacial score (nSPS) is 15.6. The Morgan fingerprint density at radius 2 is 1.56 bits per heavy atom. The first kappa shape index (κ1) is 29.6. The Morgan fingerprint density at radius 1 is 0.974 bits per heavy atom. The molecule has 10 nitrogen and oxygen atoms in total. The molecule has 3 rings (SSSR count). The van der Waals surface area contributed by atoms with Crippen molar-refractivity contribution in [1.82, 2.24) is 5.32 Å². The van der Waals surface area contributed by atoms with Gasteiger partial charge in [-0.05, 0) is 56.2 Å². The molecule has 4 N–H and O–H groups in total. The molecule has 0 heterocycles. The number of hydrogen-bond donors (Lipinski definition) is 4. The van der Waals surface area contributed by atoms with Gasteiger partial charge in [0.05, 0.1) is 16.2 Å². The summed E-state index contributed by atoms with van der Waals surface area (Å²) in [7, 11) is 0. The number of aryl methyl sites for hydroxylation is 3. The van der Waals surface area contributed by atoms with Gasteiger partial charge >= 0.3 is 12.0 Å². The van der Waals surface area contributed by atoms with E-state index in [0.29, 0.717) is 18.5 Å². The predicted octanol–water partition coefficient (Wildman–Crippen LogP) is 6.34. The number of urea groups is 1. The zero-order chi connectivity index (χ0) is 29.1. The molecule has 0 aliphatic heterocycles. The van der Waals surface area contributed by atoms with Crippen LogP contribution in [0.2, 0.25) is 0 Å². The van der Waals surface area contributed by atoms with Gasteiger partial charge < -0.3 is 21.1 Å². The maximum Gasteiger partial charge on any atom is 0.326 e. The molecule has 1 aliphatic carbocycles. The first-order chi connectivity index (χ1) is 18.2. The third-order valence-corrected chi connectivity index (χ3v) is 7.94. The summed E-state index contributed by atoms with van der Waals surface area (Å²) in [5, 5.41) is 29.7. The van der Waals surface area contributed by atoms with Crippen LogP contribution in [0.1, 0.15) is 79.9 Å². The lowest BCUT2D eigenvalue weighted by Gasteiger charge is -2.51. The molecule has 39 heavy (non-hydrogen) atoms. The third kappa shape index (κ3) is 6.38. The number of non-ortho nitro benzene ring substituents is 1. The average molecular weight is 539 g/mol. The minimum atomic E-state index is -1.18. The van der Waals surface area contributed by atoms with E-state index in [0.717, 1.165) is 48.1 Å². The number of carboxylic acids is 1. The predicted molar refractivity (Wildman–Crippen MR) is 150 cm³/mol. The third-order valence-electron chi connectivity index (χ3n) is 7.94. The molecule has 2 aromatic carbocycles. The summed E-state index contributed by atoms with van der Waals surface area (Å²) in [6.45, 7) is 11.6. The standard InChI is InChI=1S/C29H38N4O6/c1-17-14-18(2)23(19(3)15-17)31-27(37)30-22-16-20(33(38)39)10-11-21(22)25(34)32-24(26(35)36)29(28(4,5)6)12-8-7-9-13-29/h10-11,14-16,24H,7-9,12-13H2,1-6H3,(H,32,34)(H,35,36)(H2,30,31,37)/t24-/m1/s1. The number of nitrogens with one attached hydrogen (secondary N) is 3. The number of carboxylic acid groups (broad SMARTS) is 1. The molecule has 1 atom stereocenters. The minimum Gasteiger partial charge on any atom is -0.480 e. The number of anilines is 2. The van der Waals surface area contributed by atoms with Crippen molar-refractivity contribution in [3.63, 3.8) is 0 Å². The van der Waals surface area contributed by atoms with Crippen LogP contribution in [0.15, 0.2) is 30.3 Å². The first-order valence-corrected chi connectivity index (χ1v) is 13.1. The number of rotatable bonds is 7. The fraction of sp³-hybridized carbons (Fsp3) is 0.483. The summed E-state index contributed by atoms with van der Waals surface area (Å²) in [5.41, 5.74) is 1.71. The number of carbonyl (C=O) groups is 3. The van der Waals surface area contributed by atoms with Crippen LogP contribution in [0, 0.1) is 41.7 Å². The van der Waals surface area contributed by atoms with E-state index in [1.165, 1.54) is 6.07 Å². The van der Waals surface area contributed by atoms with E-state index >= 15 is 0 Å². The van der Waals surface area contributed by atoms with Gasteiger partial charge in [-0.2, -0.15) is 0 Å². The number of nitro groups is 1. The molecule has 10 heteroatoms. The van der Waals surface area contributed by atoms with Crippen LogP contribution < -0.4 is 16.0 Å². The van der Waals surface area contributed by atoms with Gasteiger partial charge in [0.15, 0.2) is 0 Å². The summed E-state index contributed by atoms with van der Waals surface area (Å²) in [6.07, 6.45) is 4.02. The molecule has 1 saturated carbocycles. The highest BCUT2D eigenvalue weighted by molar-refractivity contribution is 6.08. The van der Waals surface area contributed by atoms with E-state index in [-0.39, 0.29) is 16.9 Å². The number of benzene rings is 2. The van der Waals surface area contributed by atoms with Crippen LogP contribution in [0.4, 0.5) is 21.9 Å². The van der Waals surface area contributed by atoms with E-state index in [9.17, 15) is 29.6 Å². The molecule has 0 bridgehead atoms. The van der Waals surface area contributed by atoms with E-state index in [1.54, 1.807) is 0 Å². The Labute approximate surface area is 228 Å². The van der Waals surface area contributed by atoms with E-state index in [1.807, 2.05) is 53.7 Å². The maximum absolute atomic E-state index is 13.5. The Balaban J connectivity index is 1.95. The Kier molecular flexibility index (Phi) is 8.67. The average Bonchev–Trinajstić information content (AvgIpc) is 2.84. The molecule has 0 unspecified atom stereocenters. The summed E-state index contributed by atoms with van der Waals surface area (Å²) < 4.78 is 0. The molecule has 3 amide bonds. The highest BCUT2D eigenvalue weighted by Gasteiger charge is 2.52. The molecule has 210 valence electrons. The van der Waals surface area contributed by atoms with Crippen molar-refractivity contribution in [3.8, 4) is 0 Å². The molecule has 0 saturated heterocycles. The van der Waals surface area contributed by atoms with E-state index < -0.39 is 39.7 Å². The van der Waals surface area contributed by atoms with Gasteiger partial charge in [-0.15, -0.1) is 0 Å². The second kappa shape index (κ2) is 11.4. The van der Waals surface area contributed by atoms with Gasteiger partial charge in [-0.1, -0.05) is 57.7 Å². The van der Waals surface area contributed by atoms with Crippen molar-refractivity contribution in [2.45, 2.75) is 79.7 Å². The topological polar surface area (TPSA) is 151 Å². The lowest BCUT2D eigenvalue weighted by molar-refractivity contribution is -0.384. The van der Waals surface area contributed by atoms with Crippen molar-refractivity contribution in [2.75, 3.05) is 10.6 Å². The maximum atomic E-state index is 13.5. The van der Waals surface area contributed by atoms with Gasteiger partial charge in [0.2, 0.25) is 0 Å². The van der Waals surface area contributed by atoms with E-state index in [2.05, 4.69) is 16.0 Å². The number of amides is 3. The summed E-state index contributed by atoms with van der Waals surface area (Å²) >= 11 is 0. The number of nitrogens with zero attached hydrogens (tertiary/aromatic N) is 1. The van der Waals surface area contributed by atoms with Crippen LogP contribution in [-0.4, -0.2) is 34.0 Å². The lowest BCUT2D eigenvalue weighted by atomic mass is 9.55. The van der Waals surface area contributed by atoms with Gasteiger partial charge in [-0.3, -0.25) is 14.9 Å². The summed E-state index contributed by atoms with van der Waals surface area (Å²) in [5.74, 6) is -1.87. The number of hydrogen-bond acceptors (Lipinski definition) is 5. The minimum absolute atomic E-state index is 0.0702. The van der Waals surface area contributed by atoms with Crippen LogP contribution in [0.25, 0.3) is 0 Å². The van der Waals surface area contributed by atoms with Gasteiger partial charge in [0, 0.05) is 23.2 Å². The Hall–Kier alpha value is -3.95. The Bertz CT molecular complexity index is 1270. The van der Waals surface area contributed by atoms with Crippen molar-refractivity contribution >= 4 is 35.0 Å². The molecule has 2 aromatic rings. The van der Waals surface area contributed by atoms with Gasteiger partial charge in [-0.25, -0.2) is 9.59 Å². The second-order valence-electron chi connectivity index (χ2n) is 11.6. The lowest BCUT2D eigenvalue weighted by Crippen LogP contribution is -2.58. The van der Waals surface area contributed by atoms with E-state index in [4.69, 9.17) is 0 Å². The highest BCUT2D eigenvalue weighted by atomic mass is 16.6. The molecule has 0 aromatic heterocycles. The second-order valence-corrected chi connectivity index (χ2v) is 11.6. The summed E-state index contributed by atoms with van der Waals surface area (Å²) in [6, 6.07) is 5.44. The fourth-order valence-electron chi connectivity index (χ4n) is 5.89. The molecular formula is C29H38N4O6. The highest BCUT2D eigenvalue weighted by Crippen LogP contribution is 2.52. The number of aliphatic carboxylic acids is 1. The van der Waals surface area contributed by atoms with Crippen LogP contribution in [0.5, 0.6) is 0 Å². The van der Waals surface area contributed by atoms with Crippen molar-refractivity contribution in [1.29, 1.82) is 0 Å². The smallest absolute Gasteiger partial charge is 0.326 e. The molecule has 0 spiro atoms. The molecule has 1 fully saturated rings. The first-order valence-electron chi connectivity index (χ1n) is 13.1. The molecule has 1 aliphatic rings. The molecular weight excluding hydrogens is 500 g/mol. The zero-order valence-corrected chi connectivity index (χ0v) is 23.4. The van der Waals surface area contributed by atoms with Gasteiger partial charge in [0.1, 0.15) is 6.04 Å². The van der Waals surface area contributed by atoms with Crippen LogP contribution >= 0.6 is 0 Å². The largest absolute Gasteiger partial charge is 0.480 e. The summed E-state index contributed by atoms with van der Waals surface area (Å²) in [4.78, 5) is 49.9. The SMILES string of the molecule is Cc1cc(C)c(NC(=O)Nc2cc([N+](=O)[O-])ccc2C(=O)N[C@H](C(=O)O)C2(C(C)(C)C)CCCCC2)c(C)c1. The van der Waals surface area contributed by atoms with Crippen molar-refractivity contribution in [2.24, 2.45) is 10.8 Å². The van der Waals surface area contributed by atoms with Crippen molar-refractivity contribution < 1.29 is 24.4 Å². The van der Waals surface area contributed by atoms with Crippen LogP contribution in [0.3, 0.4) is 0 Å². The monoisotopic (exact) mass is 538 g/mol. The number of carbonyl (C=O) groups excluding carboxylic acids is 2. The zero-order valence-electron chi connectivity index (χ0n) is 23.4.